The van der Waals surface area contributed by atoms with Crippen LogP contribution < -0.4 is 0 Å². The summed E-state index contributed by atoms with van der Waals surface area (Å²) in [4.78, 5) is 19.9. The Balaban J connectivity index is 0.952. The molecule has 0 N–H and O–H groups in total. The lowest BCUT2D eigenvalue weighted by molar-refractivity contribution is 1.36. The first-order valence-electron chi connectivity index (χ1n) is 17.5. The number of fused-ring (bicyclic) bond motifs is 5. The van der Waals surface area contributed by atoms with Crippen molar-refractivity contribution < 1.29 is 0 Å². The lowest BCUT2D eigenvalue weighted by atomic mass is 9.99. The zero-order valence-corrected chi connectivity index (χ0v) is 28.1. The molecule has 0 aliphatic heterocycles. The molecule has 242 valence electrons. The second-order valence-corrected chi connectivity index (χ2v) is 13.1. The van der Waals surface area contributed by atoms with Gasteiger partial charge in [0.25, 0.3) is 0 Å². The summed E-state index contributed by atoms with van der Waals surface area (Å²) in [6, 6.07) is 61.5. The highest BCUT2D eigenvalue weighted by Crippen LogP contribution is 2.32. The van der Waals surface area contributed by atoms with Crippen molar-refractivity contribution in [3.8, 4) is 56.0 Å². The molecule has 0 aliphatic carbocycles. The van der Waals surface area contributed by atoms with Crippen LogP contribution in [0.5, 0.6) is 0 Å². The van der Waals surface area contributed by atoms with E-state index in [1.165, 1.54) is 11.1 Å². The SMILES string of the molecule is c1ccc(-c2cccc(-c3ccc4ccc(-c5ccc6ccc(-c7ccc(-c8ccc9ccc%10cccnc%10c9n8)cc7)nc6c5)cc4n3)c2)cc1. The maximum Gasteiger partial charge on any atom is 0.0972 e. The van der Waals surface area contributed by atoms with Gasteiger partial charge in [-0.3, -0.25) is 4.98 Å². The molecule has 4 heterocycles. The quantitative estimate of drug-likeness (QED) is 0.172. The maximum absolute atomic E-state index is 5.12. The zero-order chi connectivity index (χ0) is 34.4. The van der Waals surface area contributed by atoms with E-state index in [0.29, 0.717) is 0 Å². The summed E-state index contributed by atoms with van der Waals surface area (Å²) in [5, 5.41) is 4.39. The van der Waals surface area contributed by atoms with Crippen molar-refractivity contribution >= 4 is 43.6 Å². The van der Waals surface area contributed by atoms with Crippen LogP contribution in [-0.2, 0) is 0 Å². The highest BCUT2D eigenvalue weighted by Gasteiger charge is 2.10. The second kappa shape index (κ2) is 12.4. The van der Waals surface area contributed by atoms with E-state index in [1.54, 1.807) is 0 Å². The Labute approximate surface area is 300 Å². The van der Waals surface area contributed by atoms with Crippen LogP contribution in [0.1, 0.15) is 0 Å². The van der Waals surface area contributed by atoms with Gasteiger partial charge < -0.3 is 0 Å². The van der Waals surface area contributed by atoms with E-state index in [0.717, 1.165) is 88.5 Å². The van der Waals surface area contributed by atoms with Crippen LogP contribution >= 0.6 is 0 Å². The molecule has 0 saturated heterocycles. The number of hydrogen-bond donors (Lipinski definition) is 0. The molecule has 0 bridgehead atoms. The van der Waals surface area contributed by atoms with Gasteiger partial charge in [-0.15, -0.1) is 0 Å². The van der Waals surface area contributed by atoms with Crippen molar-refractivity contribution in [1.82, 2.24) is 19.9 Å². The predicted molar refractivity (Wildman–Crippen MR) is 215 cm³/mol. The van der Waals surface area contributed by atoms with Gasteiger partial charge in [-0.25, -0.2) is 15.0 Å². The van der Waals surface area contributed by atoms with Gasteiger partial charge in [0.2, 0.25) is 0 Å². The molecule has 10 aromatic rings. The molecule has 0 atom stereocenters. The van der Waals surface area contributed by atoms with E-state index < -0.39 is 0 Å². The lowest BCUT2D eigenvalue weighted by Gasteiger charge is -2.10. The van der Waals surface area contributed by atoms with E-state index in [-0.39, 0.29) is 0 Å². The van der Waals surface area contributed by atoms with E-state index in [9.17, 15) is 0 Å². The van der Waals surface area contributed by atoms with Crippen molar-refractivity contribution in [3.05, 3.63) is 182 Å². The Hall–Kier alpha value is -7.04. The third-order valence-corrected chi connectivity index (χ3v) is 9.89. The Kier molecular flexibility index (Phi) is 7.10. The van der Waals surface area contributed by atoms with Crippen molar-refractivity contribution in [1.29, 1.82) is 0 Å². The minimum absolute atomic E-state index is 0.919. The molecule has 4 aromatic heterocycles. The Morgan fingerprint density at radius 1 is 0.269 bits per heavy atom. The molecule has 0 spiro atoms. The fourth-order valence-electron chi connectivity index (χ4n) is 7.10. The normalized spacial score (nSPS) is 11.5. The number of aromatic nitrogens is 4. The van der Waals surface area contributed by atoms with E-state index >= 15 is 0 Å². The lowest BCUT2D eigenvalue weighted by Crippen LogP contribution is -1.90. The monoisotopic (exact) mass is 662 g/mol. The van der Waals surface area contributed by atoms with Crippen molar-refractivity contribution in [2.75, 3.05) is 0 Å². The molecule has 0 unspecified atom stereocenters. The van der Waals surface area contributed by atoms with Gasteiger partial charge in [-0.05, 0) is 64.7 Å². The minimum Gasteiger partial charge on any atom is -0.254 e. The molecular weight excluding hydrogens is 633 g/mol. The molecule has 0 saturated carbocycles. The molecule has 52 heavy (non-hydrogen) atoms. The summed E-state index contributed by atoms with van der Waals surface area (Å²) < 4.78 is 0. The Morgan fingerprint density at radius 2 is 0.750 bits per heavy atom. The van der Waals surface area contributed by atoms with Gasteiger partial charge in [0.15, 0.2) is 0 Å². The molecule has 4 nitrogen and oxygen atoms in total. The van der Waals surface area contributed by atoms with Gasteiger partial charge in [-0.1, -0.05) is 133 Å². The molecule has 10 rings (SSSR count). The summed E-state index contributed by atoms with van der Waals surface area (Å²) in [5.41, 5.74) is 14.4. The van der Waals surface area contributed by atoms with Gasteiger partial charge in [0.1, 0.15) is 0 Å². The highest BCUT2D eigenvalue weighted by molar-refractivity contribution is 6.03. The molecule has 4 heteroatoms. The first kappa shape index (κ1) is 29.8. The predicted octanol–water partition coefficient (Wildman–Crippen LogP) is 12.2. The summed E-state index contributed by atoms with van der Waals surface area (Å²) in [5.74, 6) is 0. The van der Waals surface area contributed by atoms with Crippen molar-refractivity contribution in [3.63, 3.8) is 0 Å². The Bertz CT molecular complexity index is 2950. The molecule has 0 radical (unpaired) electrons. The number of nitrogens with zero attached hydrogens (tertiary/aromatic N) is 4. The number of hydrogen-bond acceptors (Lipinski definition) is 4. The summed E-state index contributed by atoms with van der Waals surface area (Å²) in [7, 11) is 0. The summed E-state index contributed by atoms with van der Waals surface area (Å²) in [6.45, 7) is 0. The third kappa shape index (κ3) is 5.44. The van der Waals surface area contributed by atoms with Gasteiger partial charge in [0, 0.05) is 44.4 Å². The largest absolute Gasteiger partial charge is 0.254 e. The van der Waals surface area contributed by atoms with Gasteiger partial charge in [-0.2, -0.15) is 0 Å². The first-order chi connectivity index (χ1) is 25.7. The van der Waals surface area contributed by atoms with Gasteiger partial charge in [0.05, 0.1) is 39.1 Å². The van der Waals surface area contributed by atoms with Crippen LogP contribution in [0.15, 0.2) is 182 Å². The van der Waals surface area contributed by atoms with Crippen LogP contribution in [0.2, 0.25) is 0 Å². The molecule has 0 aliphatic rings. The number of benzene rings is 6. The van der Waals surface area contributed by atoms with Gasteiger partial charge >= 0.3 is 0 Å². The van der Waals surface area contributed by atoms with E-state index in [2.05, 4.69) is 169 Å². The highest BCUT2D eigenvalue weighted by atomic mass is 14.8. The van der Waals surface area contributed by atoms with Crippen LogP contribution in [0, 0.1) is 0 Å². The second-order valence-electron chi connectivity index (χ2n) is 13.1. The number of rotatable bonds is 5. The topological polar surface area (TPSA) is 51.6 Å². The summed E-state index contributed by atoms with van der Waals surface area (Å²) in [6.07, 6.45) is 1.83. The average molecular weight is 663 g/mol. The van der Waals surface area contributed by atoms with Crippen molar-refractivity contribution in [2.45, 2.75) is 0 Å². The van der Waals surface area contributed by atoms with E-state index in [1.807, 2.05) is 18.3 Å². The van der Waals surface area contributed by atoms with Crippen LogP contribution in [0.25, 0.3) is 99.6 Å². The fourth-order valence-corrected chi connectivity index (χ4v) is 7.10. The van der Waals surface area contributed by atoms with Crippen LogP contribution in [0.4, 0.5) is 0 Å². The number of pyridine rings is 4. The van der Waals surface area contributed by atoms with Crippen LogP contribution in [0.3, 0.4) is 0 Å². The fraction of sp³-hybridized carbons (Fsp3) is 0. The smallest absolute Gasteiger partial charge is 0.0972 e. The summed E-state index contributed by atoms with van der Waals surface area (Å²) >= 11 is 0. The first-order valence-corrected chi connectivity index (χ1v) is 17.5. The minimum atomic E-state index is 0.919. The standard InChI is InChI=1S/C48H30N4/c1-2-6-31(7-3-1)38-8-4-9-41(28-38)44-25-22-35-16-20-40(30-46(35)51-44)39-19-15-34-21-24-42(50-45(34)29-39)32-11-13-33(14-12-32)43-26-23-37-18-17-36-10-5-27-49-47(36)48(37)52-43/h1-30H. The van der Waals surface area contributed by atoms with Crippen molar-refractivity contribution in [2.24, 2.45) is 0 Å². The molecule has 6 aromatic carbocycles. The maximum atomic E-state index is 5.12. The molecule has 0 amide bonds. The molecule has 0 fully saturated rings. The third-order valence-electron chi connectivity index (χ3n) is 9.89. The Morgan fingerprint density at radius 3 is 1.42 bits per heavy atom. The van der Waals surface area contributed by atoms with Crippen LogP contribution in [-0.4, -0.2) is 19.9 Å². The van der Waals surface area contributed by atoms with E-state index in [4.69, 9.17) is 15.0 Å². The average Bonchev–Trinajstić information content (AvgIpc) is 3.23. The zero-order valence-electron chi connectivity index (χ0n) is 28.1. The molecular formula is C48H30N4.